The zero-order valence-corrected chi connectivity index (χ0v) is 18.8. The number of morpholine rings is 1. The van der Waals surface area contributed by atoms with E-state index >= 15 is 0 Å². The zero-order chi connectivity index (χ0) is 21.8. The van der Waals surface area contributed by atoms with Crippen molar-refractivity contribution in [1.29, 1.82) is 0 Å². The maximum atomic E-state index is 6.14. The topological polar surface area (TPSA) is 77.5 Å². The third kappa shape index (κ3) is 5.49. The number of aromatic nitrogens is 2. The van der Waals surface area contributed by atoms with Gasteiger partial charge in [0, 0.05) is 30.2 Å². The van der Waals surface area contributed by atoms with Gasteiger partial charge in [-0.2, -0.15) is 0 Å². The summed E-state index contributed by atoms with van der Waals surface area (Å²) < 4.78 is 17.8. The fourth-order valence-electron chi connectivity index (χ4n) is 3.24. The number of fused-ring (bicyclic) bond motifs is 1. The van der Waals surface area contributed by atoms with Gasteiger partial charge in [-0.1, -0.05) is 23.2 Å². The molecule has 1 aliphatic rings. The third-order valence-corrected chi connectivity index (χ3v) is 5.41. The smallest absolute Gasteiger partial charge is 0.163 e. The van der Waals surface area contributed by atoms with Crippen LogP contribution in [0.15, 0.2) is 36.7 Å². The van der Waals surface area contributed by atoms with Gasteiger partial charge >= 0.3 is 0 Å². The minimum Gasteiger partial charge on any atom is -0.487 e. The summed E-state index contributed by atoms with van der Waals surface area (Å²) in [5, 5.41) is 8.33. The normalized spacial score (nSPS) is 16.5. The summed E-state index contributed by atoms with van der Waals surface area (Å²) in [6.45, 7) is 6.66. The van der Waals surface area contributed by atoms with Crippen LogP contribution in [-0.4, -0.2) is 48.5 Å². The van der Waals surface area contributed by atoms with E-state index in [-0.39, 0.29) is 12.2 Å². The predicted molar refractivity (Wildman–Crippen MR) is 123 cm³/mol. The molecule has 1 saturated heterocycles. The highest BCUT2D eigenvalue weighted by atomic mass is 35.5. The number of hydrogen-bond donors (Lipinski definition) is 2. The van der Waals surface area contributed by atoms with Gasteiger partial charge in [-0.05, 0) is 38.1 Å². The number of anilines is 2. The number of benzene rings is 2. The van der Waals surface area contributed by atoms with Crippen LogP contribution in [-0.2, 0) is 4.74 Å². The van der Waals surface area contributed by atoms with Gasteiger partial charge in [0.05, 0.1) is 28.3 Å². The maximum absolute atomic E-state index is 6.14. The van der Waals surface area contributed by atoms with Gasteiger partial charge in [0.25, 0.3) is 0 Å². The monoisotopic (exact) mass is 462 g/mol. The summed E-state index contributed by atoms with van der Waals surface area (Å²) in [4.78, 5) is 8.81. The number of nitrogens with zero attached hydrogens (tertiary/aromatic N) is 2. The molecule has 1 aliphatic heterocycles. The lowest BCUT2D eigenvalue weighted by Crippen LogP contribution is -2.41. The summed E-state index contributed by atoms with van der Waals surface area (Å²) >= 11 is 12.2. The number of nitrogens with one attached hydrogen (secondary N) is 2. The van der Waals surface area contributed by atoms with Crippen molar-refractivity contribution >= 4 is 45.6 Å². The van der Waals surface area contributed by atoms with Gasteiger partial charge < -0.3 is 24.8 Å². The largest absolute Gasteiger partial charge is 0.487 e. The van der Waals surface area contributed by atoms with Crippen molar-refractivity contribution in [3.8, 4) is 11.5 Å². The average molecular weight is 463 g/mol. The van der Waals surface area contributed by atoms with Crippen LogP contribution in [0.25, 0.3) is 10.9 Å². The lowest BCUT2D eigenvalue weighted by atomic mass is 10.2. The zero-order valence-electron chi connectivity index (χ0n) is 17.3. The van der Waals surface area contributed by atoms with Gasteiger partial charge in [0.15, 0.2) is 11.5 Å². The molecule has 0 bridgehead atoms. The van der Waals surface area contributed by atoms with Crippen LogP contribution in [0.3, 0.4) is 0 Å². The molecule has 31 heavy (non-hydrogen) atoms. The highest BCUT2D eigenvalue weighted by Crippen LogP contribution is 2.36. The van der Waals surface area contributed by atoms with Crippen molar-refractivity contribution in [2.75, 3.05) is 31.6 Å². The van der Waals surface area contributed by atoms with Gasteiger partial charge in [-0.15, -0.1) is 0 Å². The summed E-state index contributed by atoms with van der Waals surface area (Å²) in [5.41, 5.74) is 1.49. The molecule has 0 saturated carbocycles. The van der Waals surface area contributed by atoms with E-state index in [2.05, 4.69) is 20.6 Å². The van der Waals surface area contributed by atoms with E-state index in [1.165, 1.54) is 6.33 Å². The molecule has 0 aliphatic carbocycles. The molecule has 2 heterocycles. The molecule has 1 fully saturated rings. The molecule has 164 valence electrons. The molecule has 2 N–H and O–H groups in total. The number of hydrogen-bond acceptors (Lipinski definition) is 7. The van der Waals surface area contributed by atoms with Crippen LogP contribution in [0, 0.1) is 0 Å². The van der Waals surface area contributed by atoms with Gasteiger partial charge in [-0.25, -0.2) is 9.97 Å². The van der Waals surface area contributed by atoms with E-state index in [4.69, 9.17) is 37.4 Å². The van der Waals surface area contributed by atoms with E-state index in [0.29, 0.717) is 40.6 Å². The van der Waals surface area contributed by atoms with Crippen molar-refractivity contribution in [3.05, 3.63) is 46.7 Å². The second kappa shape index (κ2) is 9.87. The minimum absolute atomic E-state index is 0.00590. The van der Waals surface area contributed by atoms with E-state index < -0.39 is 0 Å². The first-order valence-corrected chi connectivity index (χ1v) is 10.9. The maximum Gasteiger partial charge on any atom is 0.163 e. The number of ether oxygens (including phenoxy) is 3. The molecule has 0 amide bonds. The van der Waals surface area contributed by atoms with E-state index in [1.807, 2.05) is 32.0 Å². The Kier molecular flexibility index (Phi) is 6.97. The summed E-state index contributed by atoms with van der Waals surface area (Å²) in [7, 11) is 0. The van der Waals surface area contributed by atoms with Gasteiger partial charge in [-0.3, -0.25) is 0 Å². The second-order valence-corrected chi connectivity index (χ2v) is 8.28. The van der Waals surface area contributed by atoms with Crippen LogP contribution >= 0.6 is 23.2 Å². The van der Waals surface area contributed by atoms with Crippen molar-refractivity contribution in [2.45, 2.75) is 26.1 Å². The molecular weight excluding hydrogens is 439 g/mol. The van der Waals surface area contributed by atoms with E-state index in [1.54, 1.807) is 12.1 Å². The van der Waals surface area contributed by atoms with Gasteiger partial charge in [0.1, 0.15) is 24.9 Å². The fraction of sp³-hybridized carbons (Fsp3) is 0.364. The second-order valence-electron chi connectivity index (χ2n) is 7.47. The standard InChI is InChI=1S/C22H24Cl2N4O3/c1-13(2)31-21-8-16-19(9-20(21)30-11-15-10-25-5-6-29-15)26-12-27-22(16)28-14-3-4-17(23)18(24)7-14/h3-4,7-9,12-13,15,25H,5-6,10-11H2,1-2H3,(H,26,27,28). The highest BCUT2D eigenvalue weighted by molar-refractivity contribution is 6.42. The Morgan fingerprint density at radius 1 is 1.16 bits per heavy atom. The van der Waals surface area contributed by atoms with Crippen molar-refractivity contribution in [2.24, 2.45) is 0 Å². The fourth-order valence-corrected chi connectivity index (χ4v) is 3.54. The SMILES string of the molecule is CC(C)Oc1cc2c(Nc3ccc(Cl)c(Cl)c3)ncnc2cc1OCC1CNCCO1. The lowest BCUT2D eigenvalue weighted by molar-refractivity contribution is -0.000505. The molecule has 4 rings (SSSR count). The molecular formula is C22H24Cl2N4O3. The first-order valence-electron chi connectivity index (χ1n) is 10.1. The van der Waals surface area contributed by atoms with Crippen molar-refractivity contribution in [1.82, 2.24) is 15.3 Å². The Hall–Kier alpha value is -2.32. The molecule has 0 spiro atoms. The molecule has 1 unspecified atom stereocenters. The van der Waals surface area contributed by atoms with Crippen molar-refractivity contribution < 1.29 is 14.2 Å². The molecule has 1 aromatic heterocycles. The van der Waals surface area contributed by atoms with Crippen LogP contribution in [0.1, 0.15) is 13.8 Å². The van der Waals surface area contributed by atoms with Crippen LogP contribution in [0.2, 0.25) is 10.0 Å². The Morgan fingerprint density at radius 2 is 2.03 bits per heavy atom. The van der Waals surface area contributed by atoms with Crippen LogP contribution < -0.4 is 20.1 Å². The Labute approximate surface area is 191 Å². The molecule has 2 aromatic carbocycles. The Bertz CT molecular complexity index is 1060. The lowest BCUT2D eigenvalue weighted by Gasteiger charge is -2.24. The van der Waals surface area contributed by atoms with Crippen molar-refractivity contribution in [3.63, 3.8) is 0 Å². The minimum atomic E-state index is -0.0245. The molecule has 7 nitrogen and oxygen atoms in total. The third-order valence-electron chi connectivity index (χ3n) is 4.67. The van der Waals surface area contributed by atoms with Crippen LogP contribution in [0.4, 0.5) is 11.5 Å². The first-order chi connectivity index (χ1) is 15.0. The Morgan fingerprint density at radius 3 is 2.77 bits per heavy atom. The van der Waals surface area contributed by atoms with Gasteiger partial charge in [0.2, 0.25) is 0 Å². The molecule has 3 aromatic rings. The predicted octanol–water partition coefficient (Wildman–Crippen LogP) is 4.83. The van der Waals surface area contributed by atoms with Crippen LogP contribution in [0.5, 0.6) is 11.5 Å². The number of rotatable bonds is 7. The quantitative estimate of drug-likeness (QED) is 0.520. The Balaban J connectivity index is 1.65. The van der Waals surface area contributed by atoms with E-state index in [9.17, 15) is 0 Å². The summed E-state index contributed by atoms with van der Waals surface area (Å²) in [6.07, 6.45) is 1.47. The average Bonchev–Trinajstić information content (AvgIpc) is 2.75. The first kappa shape index (κ1) is 21.9. The number of halogens is 2. The summed E-state index contributed by atoms with van der Waals surface area (Å²) in [6, 6.07) is 9.08. The highest BCUT2D eigenvalue weighted by Gasteiger charge is 2.18. The summed E-state index contributed by atoms with van der Waals surface area (Å²) in [5.74, 6) is 1.87. The van der Waals surface area contributed by atoms with E-state index in [0.717, 1.165) is 29.7 Å². The molecule has 1 atom stereocenters. The molecule has 9 heteroatoms. The molecule has 0 radical (unpaired) electrons.